The second kappa shape index (κ2) is 8.98. The topological polar surface area (TPSA) is 111 Å². The normalized spacial score (nSPS) is 14.9. The fourth-order valence-corrected chi connectivity index (χ4v) is 3.89. The quantitative estimate of drug-likeness (QED) is 0.671. The van der Waals surface area contributed by atoms with Crippen molar-refractivity contribution in [1.29, 1.82) is 0 Å². The molecule has 0 unspecified atom stereocenters. The smallest absolute Gasteiger partial charge is 0.355 e. The molecule has 0 aliphatic carbocycles. The summed E-state index contributed by atoms with van der Waals surface area (Å²) in [5, 5.41) is 0. The van der Waals surface area contributed by atoms with Crippen LogP contribution in [0.2, 0.25) is 0 Å². The van der Waals surface area contributed by atoms with Gasteiger partial charge in [-0.05, 0) is 18.6 Å². The second-order valence-corrected chi connectivity index (χ2v) is 7.32. The number of carbonyl (C=O) groups excluding carboxylic acids is 2. The largest absolute Gasteiger partial charge is 0.466 e. The molecular weight excluding hydrogens is 376 g/mol. The summed E-state index contributed by atoms with van der Waals surface area (Å²) in [6, 6.07) is 6.12. The first kappa shape index (κ1) is 20.9. The number of benzene rings is 1. The Kier molecular flexibility index (Phi) is 6.94. The van der Waals surface area contributed by atoms with Crippen molar-refractivity contribution in [1.82, 2.24) is 4.72 Å². The van der Waals surface area contributed by atoms with E-state index in [4.69, 9.17) is 14.2 Å². The number of nitrogens with zero attached hydrogens (tertiary/aromatic N) is 1. The molecule has 2 rings (SSSR count). The lowest BCUT2D eigenvalue weighted by Gasteiger charge is -2.32. The summed E-state index contributed by atoms with van der Waals surface area (Å²) >= 11 is 0. The molecule has 148 valence electrons. The minimum absolute atomic E-state index is 0.0467. The summed E-state index contributed by atoms with van der Waals surface area (Å²) in [4.78, 5) is 25.7. The van der Waals surface area contributed by atoms with Gasteiger partial charge in [-0.3, -0.25) is 0 Å². The molecule has 1 aromatic rings. The minimum atomic E-state index is -3.84. The summed E-state index contributed by atoms with van der Waals surface area (Å²) in [6.45, 7) is 1.82. The van der Waals surface area contributed by atoms with Gasteiger partial charge in [-0.2, -0.15) is 0 Å². The lowest BCUT2D eigenvalue weighted by Crippen LogP contribution is -2.40. The van der Waals surface area contributed by atoms with Crippen LogP contribution in [-0.4, -0.2) is 54.5 Å². The molecule has 1 heterocycles. The average molecular weight is 398 g/mol. The number of nitrogens with one attached hydrogen (secondary N) is 1. The fraction of sp³-hybridized carbons (Fsp3) is 0.412. The monoisotopic (exact) mass is 398 g/mol. The highest BCUT2D eigenvalue weighted by Crippen LogP contribution is 2.31. The van der Waals surface area contributed by atoms with Crippen LogP contribution in [0.1, 0.15) is 13.3 Å². The fourth-order valence-electron chi connectivity index (χ4n) is 2.56. The van der Waals surface area contributed by atoms with E-state index in [0.29, 0.717) is 6.42 Å². The Morgan fingerprint density at radius 1 is 1.19 bits per heavy atom. The Balaban J connectivity index is 2.63. The van der Waals surface area contributed by atoms with Gasteiger partial charge in [0.2, 0.25) is 10.0 Å². The maximum atomic E-state index is 12.7. The van der Waals surface area contributed by atoms with Gasteiger partial charge in [-0.15, -0.1) is 0 Å². The lowest BCUT2D eigenvalue weighted by atomic mass is 10.1. The Hall–Kier alpha value is -2.43. The Labute approximate surface area is 157 Å². The van der Waals surface area contributed by atoms with Crippen molar-refractivity contribution in [2.75, 3.05) is 39.0 Å². The van der Waals surface area contributed by atoms with Gasteiger partial charge in [0.15, 0.2) is 0 Å². The number of hydrogen-bond acceptors (Lipinski definition) is 8. The van der Waals surface area contributed by atoms with Gasteiger partial charge in [0.25, 0.3) is 0 Å². The third kappa shape index (κ3) is 4.46. The number of sulfonamides is 1. The minimum Gasteiger partial charge on any atom is -0.466 e. The standard InChI is InChI=1S/C17H22N2O7S/c1-4-9-18-27(22,23)14-8-6-5-7-13(14)19-11-26-10-12(16(20)24-2)15(19)17(21)25-3/h5-8,18H,4,9-11H2,1-3H3. The highest BCUT2D eigenvalue weighted by molar-refractivity contribution is 7.89. The summed E-state index contributed by atoms with van der Waals surface area (Å²) in [6.07, 6.45) is 0.619. The predicted octanol–water partition coefficient (Wildman–Crippen LogP) is 0.769. The number of hydrogen-bond donors (Lipinski definition) is 1. The van der Waals surface area contributed by atoms with Crippen molar-refractivity contribution in [2.45, 2.75) is 18.2 Å². The number of rotatable bonds is 7. The molecule has 10 heteroatoms. The highest BCUT2D eigenvalue weighted by atomic mass is 32.2. The molecule has 0 spiro atoms. The maximum absolute atomic E-state index is 12.7. The lowest BCUT2D eigenvalue weighted by molar-refractivity contribution is -0.140. The molecule has 0 fully saturated rings. The summed E-state index contributed by atoms with van der Waals surface area (Å²) in [7, 11) is -1.49. The molecule has 0 amide bonds. The van der Waals surface area contributed by atoms with E-state index in [1.807, 2.05) is 6.92 Å². The average Bonchev–Trinajstić information content (AvgIpc) is 2.70. The highest BCUT2D eigenvalue weighted by Gasteiger charge is 2.34. The zero-order valence-corrected chi connectivity index (χ0v) is 16.2. The second-order valence-electron chi connectivity index (χ2n) is 5.58. The van der Waals surface area contributed by atoms with Crippen molar-refractivity contribution < 1.29 is 32.2 Å². The molecular formula is C17H22N2O7S. The number of esters is 2. The van der Waals surface area contributed by atoms with E-state index < -0.39 is 22.0 Å². The van der Waals surface area contributed by atoms with Crippen molar-refractivity contribution in [3.63, 3.8) is 0 Å². The van der Waals surface area contributed by atoms with Crippen molar-refractivity contribution in [3.05, 3.63) is 35.5 Å². The number of methoxy groups -OCH3 is 2. The van der Waals surface area contributed by atoms with Crippen molar-refractivity contribution in [3.8, 4) is 0 Å². The van der Waals surface area contributed by atoms with Crippen LogP contribution in [0.4, 0.5) is 5.69 Å². The van der Waals surface area contributed by atoms with E-state index in [2.05, 4.69) is 4.72 Å². The van der Waals surface area contributed by atoms with E-state index in [0.717, 1.165) is 0 Å². The SMILES string of the molecule is CCCNS(=O)(=O)c1ccccc1N1COCC(C(=O)OC)=C1C(=O)OC. The van der Waals surface area contributed by atoms with Crippen LogP contribution in [0.15, 0.2) is 40.4 Å². The first-order valence-corrected chi connectivity index (χ1v) is 9.69. The zero-order chi connectivity index (χ0) is 20.0. The van der Waals surface area contributed by atoms with E-state index in [1.54, 1.807) is 12.1 Å². The zero-order valence-electron chi connectivity index (χ0n) is 15.4. The first-order chi connectivity index (χ1) is 12.9. The van der Waals surface area contributed by atoms with Gasteiger partial charge < -0.3 is 19.1 Å². The van der Waals surface area contributed by atoms with Crippen LogP contribution < -0.4 is 9.62 Å². The maximum Gasteiger partial charge on any atom is 0.355 e. The molecule has 0 aromatic heterocycles. The van der Waals surface area contributed by atoms with Crippen molar-refractivity contribution in [2.24, 2.45) is 0 Å². The molecule has 0 saturated carbocycles. The van der Waals surface area contributed by atoms with Crippen LogP contribution in [0.3, 0.4) is 0 Å². The Morgan fingerprint density at radius 3 is 2.48 bits per heavy atom. The summed E-state index contributed by atoms with van der Waals surface area (Å²) < 4.78 is 42.7. The first-order valence-electron chi connectivity index (χ1n) is 8.21. The Bertz CT molecular complexity index is 849. The summed E-state index contributed by atoms with van der Waals surface area (Å²) in [5.41, 5.74) is 0.0145. The molecule has 1 N–H and O–H groups in total. The van der Waals surface area contributed by atoms with Gasteiger partial charge in [-0.1, -0.05) is 19.1 Å². The van der Waals surface area contributed by atoms with E-state index in [1.165, 1.54) is 31.3 Å². The molecule has 1 aliphatic heterocycles. The van der Waals surface area contributed by atoms with Gasteiger partial charge in [0.1, 0.15) is 17.3 Å². The molecule has 9 nitrogen and oxygen atoms in total. The Morgan fingerprint density at radius 2 is 1.85 bits per heavy atom. The molecule has 0 radical (unpaired) electrons. The van der Waals surface area contributed by atoms with Gasteiger partial charge >= 0.3 is 11.9 Å². The van der Waals surface area contributed by atoms with Gasteiger partial charge in [0, 0.05) is 6.54 Å². The molecule has 27 heavy (non-hydrogen) atoms. The van der Waals surface area contributed by atoms with E-state index in [9.17, 15) is 18.0 Å². The summed E-state index contributed by atoms with van der Waals surface area (Å²) in [5.74, 6) is -1.56. The van der Waals surface area contributed by atoms with Crippen LogP contribution in [-0.2, 0) is 33.8 Å². The molecule has 1 aromatic carbocycles. The predicted molar refractivity (Wildman–Crippen MR) is 96.3 cm³/mol. The van der Waals surface area contributed by atoms with E-state index >= 15 is 0 Å². The molecule has 0 saturated heterocycles. The third-order valence-corrected chi connectivity index (χ3v) is 5.33. The van der Waals surface area contributed by atoms with Gasteiger partial charge in [0.05, 0.1) is 32.1 Å². The molecule has 0 atom stereocenters. The van der Waals surface area contributed by atoms with Crippen LogP contribution in [0.25, 0.3) is 0 Å². The van der Waals surface area contributed by atoms with Crippen LogP contribution in [0.5, 0.6) is 0 Å². The van der Waals surface area contributed by atoms with E-state index in [-0.39, 0.29) is 41.7 Å². The van der Waals surface area contributed by atoms with Crippen LogP contribution in [0, 0.1) is 0 Å². The number of para-hydroxylation sites is 1. The number of carbonyl (C=O) groups is 2. The van der Waals surface area contributed by atoms with Gasteiger partial charge in [-0.25, -0.2) is 22.7 Å². The number of anilines is 1. The molecule has 1 aliphatic rings. The van der Waals surface area contributed by atoms with Crippen molar-refractivity contribution >= 4 is 27.6 Å². The number of ether oxygens (including phenoxy) is 3. The molecule has 0 bridgehead atoms. The third-order valence-electron chi connectivity index (χ3n) is 3.82. The van der Waals surface area contributed by atoms with Crippen LogP contribution >= 0.6 is 0 Å².